The van der Waals surface area contributed by atoms with Crippen LogP contribution in [-0.4, -0.2) is 20.2 Å². The predicted octanol–water partition coefficient (Wildman–Crippen LogP) is 3.69. The van der Waals surface area contributed by atoms with Crippen LogP contribution in [0, 0.1) is 6.92 Å². The minimum atomic E-state index is 0.460. The lowest BCUT2D eigenvalue weighted by Crippen LogP contribution is -2.06. The smallest absolute Gasteiger partial charge is 0.244 e. The van der Waals surface area contributed by atoms with Gasteiger partial charge in [-0.15, -0.1) is 5.10 Å². The van der Waals surface area contributed by atoms with E-state index in [0.717, 1.165) is 15.7 Å². The SMILES string of the molecule is Cc1ccc(Nc2cnnc(NCc3cccnc3)n2)c(Br)c1. The van der Waals surface area contributed by atoms with Gasteiger partial charge in [-0.3, -0.25) is 4.98 Å². The Morgan fingerprint density at radius 3 is 2.87 bits per heavy atom. The number of pyridine rings is 1. The van der Waals surface area contributed by atoms with E-state index in [9.17, 15) is 0 Å². The van der Waals surface area contributed by atoms with Gasteiger partial charge in [0.05, 0.1) is 11.9 Å². The molecule has 0 amide bonds. The van der Waals surface area contributed by atoms with E-state index in [2.05, 4.69) is 46.7 Å². The van der Waals surface area contributed by atoms with Crippen LogP contribution in [-0.2, 0) is 6.54 Å². The second-order valence-corrected chi connectivity index (χ2v) is 5.84. The lowest BCUT2D eigenvalue weighted by molar-refractivity contribution is 0.946. The van der Waals surface area contributed by atoms with Crippen LogP contribution in [0.1, 0.15) is 11.1 Å². The zero-order valence-electron chi connectivity index (χ0n) is 12.5. The number of hydrogen-bond acceptors (Lipinski definition) is 6. The van der Waals surface area contributed by atoms with E-state index in [-0.39, 0.29) is 0 Å². The Morgan fingerprint density at radius 2 is 2.09 bits per heavy atom. The van der Waals surface area contributed by atoms with Crippen LogP contribution in [0.2, 0.25) is 0 Å². The number of aromatic nitrogens is 4. The molecular formula is C16H15BrN6. The van der Waals surface area contributed by atoms with Gasteiger partial charge in [0, 0.05) is 23.4 Å². The zero-order valence-corrected chi connectivity index (χ0v) is 14.1. The maximum atomic E-state index is 4.41. The minimum Gasteiger partial charge on any atom is -0.349 e. The van der Waals surface area contributed by atoms with E-state index in [4.69, 9.17) is 0 Å². The van der Waals surface area contributed by atoms with Crippen LogP contribution >= 0.6 is 15.9 Å². The molecule has 0 radical (unpaired) electrons. The van der Waals surface area contributed by atoms with E-state index in [1.165, 1.54) is 5.56 Å². The number of nitrogens with one attached hydrogen (secondary N) is 2. The van der Waals surface area contributed by atoms with Crippen molar-refractivity contribution in [3.63, 3.8) is 0 Å². The number of halogens is 1. The Hall–Kier alpha value is -2.54. The normalized spacial score (nSPS) is 10.3. The van der Waals surface area contributed by atoms with Crippen molar-refractivity contribution in [2.45, 2.75) is 13.5 Å². The van der Waals surface area contributed by atoms with Crippen molar-refractivity contribution in [3.8, 4) is 0 Å². The van der Waals surface area contributed by atoms with Crippen LogP contribution in [0.25, 0.3) is 0 Å². The molecule has 0 aliphatic carbocycles. The molecule has 0 saturated heterocycles. The number of aryl methyl sites for hydroxylation is 1. The van der Waals surface area contributed by atoms with Gasteiger partial charge >= 0.3 is 0 Å². The standard InChI is InChI=1S/C16H15BrN6/c1-11-4-5-14(13(17)7-11)21-15-10-20-23-16(22-15)19-9-12-3-2-6-18-8-12/h2-8,10H,9H2,1H3,(H2,19,21,22,23). The lowest BCUT2D eigenvalue weighted by atomic mass is 10.2. The third-order valence-electron chi connectivity index (χ3n) is 3.12. The topological polar surface area (TPSA) is 75.6 Å². The van der Waals surface area contributed by atoms with Gasteiger partial charge in [-0.1, -0.05) is 12.1 Å². The Labute approximate surface area is 142 Å². The van der Waals surface area contributed by atoms with Crippen LogP contribution in [0.4, 0.5) is 17.5 Å². The summed E-state index contributed by atoms with van der Waals surface area (Å²) < 4.78 is 0.973. The summed E-state index contributed by atoms with van der Waals surface area (Å²) in [6.45, 7) is 2.63. The first-order valence-electron chi connectivity index (χ1n) is 7.06. The first kappa shape index (κ1) is 15.4. The molecule has 3 rings (SSSR count). The van der Waals surface area contributed by atoms with Gasteiger partial charge in [0.2, 0.25) is 5.95 Å². The van der Waals surface area contributed by atoms with E-state index in [0.29, 0.717) is 18.3 Å². The molecule has 0 fully saturated rings. The molecule has 0 bridgehead atoms. The largest absolute Gasteiger partial charge is 0.349 e. The average Bonchev–Trinajstić information content (AvgIpc) is 2.57. The fraction of sp³-hybridized carbons (Fsp3) is 0.125. The van der Waals surface area contributed by atoms with Gasteiger partial charge in [-0.25, -0.2) is 0 Å². The first-order chi connectivity index (χ1) is 11.2. The number of hydrogen-bond donors (Lipinski definition) is 2. The third-order valence-corrected chi connectivity index (χ3v) is 3.78. The van der Waals surface area contributed by atoms with Crippen molar-refractivity contribution in [1.82, 2.24) is 20.2 Å². The highest BCUT2D eigenvalue weighted by Crippen LogP contribution is 2.25. The van der Waals surface area contributed by atoms with E-state index in [1.54, 1.807) is 18.6 Å². The summed E-state index contributed by atoms with van der Waals surface area (Å²) in [4.78, 5) is 8.48. The number of benzene rings is 1. The molecule has 3 aromatic rings. The zero-order chi connectivity index (χ0) is 16.1. The predicted molar refractivity (Wildman–Crippen MR) is 93.6 cm³/mol. The Kier molecular flexibility index (Phi) is 4.77. The summed E-state index contributed by atoms with van der Waals surface area (Å²) in [6.07, 6.45) is 5.12. The molecule has 0 spiro atoms. The van der Waals surface area contributed by atoms with E-state index in [1.807, 2.05) is 37.3 Å². The van der Waals surface area contributed by atoms with Crippen LogP contribution in [0.3, 0.4) is 0 Å². The van der Waals surface area contributed by atoms with Crippen LogP contribution in [0.15, 0.2) is 53.4 Å². The highest BCUT2D eigenvalue weighted by Gasteiger charge is 2.04. The number of nitrogens with zero attached hydrogens (tertiary/aromatic N) is 4. The first-order valence-corrected chi connectivity index (χ1v) is 7.86. The van der Waals surface area contributed by atoms with Crippen molar-refractivity contribution in [2.75, 3.05) is 10.6 Å². The van der Waals surface area contributed by atoms with E-state index < -0.39 is 0 Å². The average molecular weight is 371 g/mol. The molecule has 1 aromatic carbocycles. The Bertz CT molecular complexity index is 794. The minimum absolute atomic E-state index is 0.460. The molecule has 2 heterocycles. The summed E-state index contributed by atoms with van der Waals surface area (Å²) in [6, 6.07) is 9.94. The monoisotopic (exact) mass is 370 g/mol. The molecule has 116 valence electrons. The van der Waals surface area contributed by atoms with Gasteiger partial charge in [0.15, 0.2) is 5.82 Å². The third kappa shape index (κ3) is 4.23. The molecular weight excluding hydrogens is 356 g/mol. The summed E-state index contributed by atoms with van der Waals surface area (Å²) in [7, 11) is 0. The van der Waals surface area contributed by atoms with Gasteiger partial charge in [-0.2, -0.15) is 10.1 Å². The summed E-state index contributed by atoms with van der Waals surface area (Å²) in [5, 5.41) is 14.3. The molecule has 0 saturated carbocycles. The molecule has 0 atom stereocenters. The molecule has 6 nitrogen and oxygen atoms in total. The molecule has 2 aromatic heterocycles. The molecule has 23 heavy (non-hydrogen) atoms. The van der Waals surface area contributed by atoms with Gasteiger partial charge in [0.25, 0.3) is 0 Å². The summed E-state index contributed by atoms with van der Waals surface area (Å²) in [5.41, 5.74) is 3.16. The molecule has 0 unspecified atom stereocenters. The van der Waals surface area contributed by atoms with Gasteiger partial charge in [-0.05, 0) is 52.2 Å². The Morgan fingerprint density at radius 1 is 1.17 bits per heavy atom. The van der Waals surface area contributed by atoms with Gasteiger partial charge in [0.1, 0.15) is 0 Å². The fourth-order valence-corrected chi connectivity index (χ4v) is 2.57. The van der Waals surface area contributed by atoms with Gasteiger partial charge < -0.3 is 10.6 Å². The van der Waals surface area contributed by atoms with Crippen LogP contribution < -0.4 is 10.6 Å². The lowest BCUT2D eigenvalue weighted by Gasteiger charge is -2.09. The highest BCUT2D eigenvalue weighted by atomic mass is 79.9. The Balaban J connectivity index is 1.69. The maximum absolute atomic E-state index is 4.41. The maximum Gasteiger partial charge on any atom is 0.244 e. The summed E-state index contributed by atoms with van der Waals surface area (Å²) in [5.74, 6) is 1.08. The van der Waals surface area contributed by atoms with Crippen molar-refractivity contribution < 1.29 is 0 Å². The summed E-state index contributed by atoms with van der Waals surface area (Å²) >= 11 is 3.54. The number of anilines is 3. The quantitative estimate of drug-likeness (QED) is 0.713. The molecule has 7 heteroatoms. The molecule has 2 N–H and O–H groups in total. The molecule has 0 aliphatic heterocycles. The second-order valence-electron chi connectivity index (χ2n) is 4.99. The van der Waals surface area contributed by atoms with Crippen molar-refractivity contribution in [2.24, 2.45) is 0 Å². The van der Waals surface area contributed by atoms with Crippen LogP contribution in [0.5, 0.6) is 0 Å². The van der Waals surface area contributed by atoms with Crippen molar-refractivity contribution in [3.05, 3.63) is 64.5 Å². The van der Waals surface area contributed by atoms with E-state index >= 15 is 0 Å². The fourth-order valence-electron chi connectivity index (χ4n) is 1.98. The molecule has 0 aliphatic rings. The second kappa shape index (κ2) is 7.15. The highest BCUT2D eigenvalue weighted by molar-refractivity contribution is 9.10. The van der Waals surface area contributed by atoms with Crippen molar-refractivity contribution in [1.29, 1.82) is 0 Å². The number of rotatable bonds is 5. The van der Waals surface area contributed by atoms with Crippen molar-refractivity contribution >= 4 is 33.4 Å².